The number of para-hydroxylation sites is 1. The summed E-state index contributed by atoms with van der Waals surface area (Å²) in [5, 5.41) is 26.0. The lowest BCUT2D eigenvalue weighted by Crippen LogP contribution is -2.60. The van der Waals surface area contributed by atoms with Crippen LogP contribution in [0.2, 0.25) is 15.1 Å². The van der Waals surface area contributed by atoms with E-state index in [4.69, 9.17) is 44.8 Å². The molecule has 7 nitrogen and oxygen atoms in total. The highest BCUT2D eigenvalue weighted by atomic mass is 35.5. The standard InChI is InChI=1S/C28H21Cl3FN5O2/c29-21-2-1-3-22(30)26(21)37-25(19(12-35-37)17-4-5-17)13-39-18-6-7-20(23(31)9-18)28(38)14-36(15-28)27-24(32)8-16(10-33)11-34-27/h1-3,6-9,11-12,17,38H,4-5,13-15H2. The minimum absolute atomic E-state index is 0.0800. The van der Waals surface area contributed by atoms with Gasteiger partial charge >= 0.3 is 0 Å². The van der Waals surface area contributed by atoms with E-state index in [1.165, 1.54) is 6.20 Å². The highest BCUT2D eigenvalue weighted by Gasteiger charge is 2.45. The van der Waals surface area contributed by atoms with Crippen LogP contribution in [0.3, 0.4) is 0 Å². The Labute approximate surface area is 238 Å². The molecule has 2 fully saturated rings. The lowest BCUT2D eigenvalue weighted by molar-refractivity contribution is 0.00672. The average molecular weight is 585 g/mol. The number of nitriles is 1. The number of nitrogens with zero attached hydrogens (tertiary/aromatic N) is 5. The molecule has 0 atom stereocenters. The van der Waals surface area contributed by atoms with Crippen molar-refractivity contribution >= 4 is 40.6 Å². The Morgan fingerprint density at radius 2 is 1.82 bits per heavy atom. The Morgan fingerprint density at radius 1 is 1.08 bits per heavy atom. The van der Waals surface area contributed by atoms with Gasteiger partial charge in [-0.25, -0.2) is 14.1 Å². The normalized spacial score (nSPS) is 16.1. The van der Waals surface area contributed by atoms with E-state index in [0.29, 0.717) is 38.0 Å². The lowest BCUT2D eigenvalue weighted by Gasteiger charge is -2.47. The maximum Gasteiger partial charge on any atom is 0.166 e. The molecule has 11 heteroatoms. The molecule has 198 valence electrons. The van der Waals surface area contributed by atoms with Crippen LogP contribution in [0.25, 0.3) is 5.69 Å². The van der Waals surface area contributed by atoms with Gasteiger partial charge < -0.3 is 14.7 Å². The van der Waals surface area contributed by atoms with E-state index >= 15 is 0 Å². The molecule has 0 radical (unpaired) electrons. The number of anilines is 1. The summed E-state index contributed by atoms with van der Waals surface area (Å²) < 4.78 is 22.2. The molecule has 3 heterocycles. The minimum atomic E-state index is -1.28. The van der Waals surface area contributed by atoms with E-state index in [1.54, 1.807) is 46.0 Å². The van der Waals surface area contributed by atoms with Crippen LogP contribution in [0.1, 0.15) is 41.1 Å². The van der Waals surface area contributed by atoms with Crippen molar-refractivity contribution in [3.63, 3.8) is 0 Å². The third kappa shape index (κ3) is 4.81. The van der Waals surface area contributed by atoms with E-state index in [2.05, 4.69) is 10.1 Å². The molecule has 0 amide bonds. The van der Waals surface area contributed by atoms with Crippen molar-refractivity contribution in [3.05, 3.63) is 98.1 Å². The van der Waals surface area contributed by atoms with Crippen molar-refractivity contribution in [1.29, 1.82) is 5.26 Å². The molecule has 0 bridgehead atoms. The van der Waals surface area contributed by atoms with E-state index in [-0.39, 0.29) is 31.1 Å². The maximum atomic E-state index is 14.4. The summed E-state index contributed by atoms with van der Waals surface area (Å²) in [5.41, 5.74) is 1.92. The largest absolute Gasteiger partial charge is 0.487 e. The Balaban J connectivity index is 1.19. The lowest BCUT2D eigenvalue weighted by atomic mass is 9.86. The fraction of sp³-hybridized carbons (Fsp3) is 0.250. The van der Waals surface area contributed by atoms with Crippen molar-refractivity contribution in [1.82, 2.24) is 14.8 Å². The Morgan fingerprint density at radius 3 is 2.46 bits per heavy atom. The quantitative estimate of drug-likeness (QED) is 0.270. The predicted octanol–water partition coefficient (Wildman–Crippen LogP) is 6.40. The first-order valence-electron chi connectivity index (χ1n) is 12.2. The van der Waals surface area contributed by atoms with Crippen LogP contribution in [0.4, 0.5) is 10.2 Å². The van der Waals surface area contributed by atoms with Gasteiger partial charge in [-0.1, -0.05) is 46.9 Å². The number of aromatic nitrogens is 3. The van der Waals surface area contributed by atoms with Crippen LogP contribution in [-0.4, -0.2) is 33.0 Å². The molecule has 1 aliphatic carbocycles. The number of ether oxygens (including phenoxy) is 1. The number of benzene rings is 2. The van der Waals surface area contributed by atoms with Gasteiger partial charge in [0.2, 0.25) is 0 Å². The number of rotatable bonds is 7. The molecule has 0 spiro atoms. The molecular formula is C28H21Cl3FN5O2. The van der Waals surface area contributed by atoms with Crippen LogP contribution < -0.4 is 9.64 Å². The summed E-state index contributed by atoms with van der Waals surface area (Å²) in [7, 11) is 0. The maximum absolute atomic E-state index is 14.4. The molecule has 1 N–H and O–H groups in total. The number of pyridine rings is 1. The fourth-order valence-electron chi connectivity index (χ4n) is 4.89. The Hall–Kier alpha value is -3.35. The van der Waals surface area contributed by atoms with Gasteiger partial charge in [0, 0.05) is 17.3 Å². The van der Waals surface area contributed by atoms with E-state index < -0.39 is 11.4 Å². The zero-order valence-corrected chi connectivity index (χ0v) is 22.7. The van der Waals surface area contributed by atoms with Crippen LogP contribution in [0, 0.1) is 17.1 Å². The van der Waals surface area contributed by atoms with E-state index in [9.17, 15) is 9.50 Å². The fourth-order valence-corrected chi connectivity index (χ4v) is 5.80. The van der Waals surface area contributed by atoms with Crippen LogP contribution in [0.5, 0.6) is 5.75 Å². The third-order valence-corrected chi connectivity index (χ3v) is 7.96. The van der Waals surface area contributed by atoms with Gasteiger partial charge in [-0.3, -0.25) is 0 Å². The van der Waals surface area contributed by atoms with Gasteiger partial charge in [-0.2, -0.15) is 10.4 Å². The molecule has 39 heavy (non-hydrogen) atoms. The molecule has 2 aromatic carbocycles. The minimum Gasteiger partial charge on any atom is -0.487 e. The topological polar surface area (TPSA) is 87.2 Å². The summed E-state index contributed by atoms with van der Waals surface area (Å²) in [4.78, 5) is 5.61. The monoisotopic (exact) mass is 583 g/mol. The third-order valence-electron chi connectivity index (χ3n) is 7.04. The molecule has 4 aromatic rings. The first-order chi connectivity index (χ1) is 18.8. The molecule has 0 unspecified atom stereocenters. The number of halogens is 4. The molecule has 6 rings (SSSR count). The molecule has 1 saturated heterocycles. The van der Waals surface area contributed by atoms with Crippen molar-refractivity contribution < 1.29 is 14.2 Å². The van der Waals surface area contributed by atoms with Gasteiger partial charge in [0.05, 0.1) is 45.6 Å². The van der Waals surface area contributed by atoms with E-state index in [0.717, 1.165) is 30.2 Å². The summed E-state index contributed by atoms with van der Waals surface area (Å²) in [6.45, 7) is 0.418. The first kappa shape index (κ1) is 25.9. The highest BCUT2D eigenvalue weighted by molar-refractivity contribution is 6.37. The second kappa shape index (κ2) is 10.00. The van der Waals surface area contributed by atoms with Crippen LogP contribution in [0.15, 0.2) is 54.9 Å². The molecule has 2 aliphatic rings. The number of hydrogen-bond donors (Lipinski definition) is 1. The molecule has 1 saturated carbocycles. The van der Waals surface area contributed by atoms with Gasteiger partial charge in [0.15, 0.2) is 11.6 Å². The molecule has 2 aromatic heterocycles. The smallest absolute Gasteiger partial charge is 0.166 e. The predicted molar refractivity (Wildman–Crippen MR) is 146 cm³/mol. The van der Waals surface area contributed by atoms with Crippen molar-refractivity contribution in [2.45, 2.75) is 31.0 Å². The Kier molecular flexibility index (Phi) is 6.64. The number of hydrogen-bond acceptors (Lipinski definition) is 6. The van der Waals surface area contributed by atoms with Gasteiger partial charge in [0.25, 0.3) is 0 Å². The summed E-state index contributed by atoms with van der Waals surface area (Å²) in [6.07, 6.45) is 5.32. The van der Waals surface area contributed by atoms with Crippen LogP contribution >= 0.6 is 34.8 Å². The Bertz CT molecular complexity index is 1610. The SMILES string of the molecule is N#Cc1cnc(N2CC(O)(c3ccc(OCc4c(C5CC5)cnn4-c4c(Cl)cccc4Cl)cc3Cl)C2)c(F)c1. The summed E-state index contributed by atoms with van der Waals surface area (Å²) in [5.74, 6) is 0.407. The summed E-state index contributed by atoms with van der Waals surface area (Å²) in [6, 6.07) is 13.4. The van der Waals surface area contributed by atoms with Gasteiger partial charge in [-0.05, 0) is 49.1 Å². The van der Waals surface area contributed by atoms with Gasteiger partial charge in [-0.15, -0.1) is 0 Å². The summed E-state index contributed by atoms with van der Waals surface area (Å²) >= 11 is 19.5. The molecule has 1 aliphatic heterocycles. The van der Waals surface area contributed by atoms with Crippen molar-refractivity contribution in [3.8, 4) is 17.5 Å². The van der Waals surface area contributed by atoms with Gasteiger partial charge in [0.1, 0.15) is 29.7 Å². The number of aliphatic hydroxyl groups is 1. The van der Waals surface area contributed by atoms with Crippen molar-refractivity contribution in [2.75, 3.05) is 18.0 Å². The number of β-amino-alcohol motifs (C(OH)–C–C–N with tert-alkyl or cyclic N) is 1. The van der Waals surface area contributed by atoms with Crippen molar-refractivity contribution in [2.24, 2.45) is 0 Å². The molecular weight excluding hydrogens is 564 g/mol. The van der Waals surface area contributed by atoms with Crippen LogP contribution in [-0.2, 0) is 12.2 Å². The highest BCUT2D eigenvalue weighted by Crippen LogP contribution is 2.44. The second-order valence-corrected chi connectivity index (χ2v) is 11.0. The average Bonchev–Trinajstić information content (AvgIpc) is 3.66. The van der Waals surface area contributed by atoms with E-state index in [1.807, 2.05) is 12.3 Å². The zero-order chi connectivity index (χ0) is 27.3. The second-order valence-electron chi connectivity index (χ2n) is 9.76. The first-order valence-corrected chi connectivity index (χ1v) is 13.4. The zero-order valence-electron chi connectivity index (χ0n) is 20.4.